The normalized spacial score (nSPS) is 12.9. The first-order chi connectivity index (χ1) is 7.52. The summed E-state index contributed by atoms with van der Waals surface area (Å²) in [5, 5.41) is 0. The van der Waals surface area contributed by atoms with Gasteiger partial charge in [-0.1, -0.05) is 12.1 Å². The third kappa shape index (κ3) is 1.53. The van der Waals surface area contributed by atoms with Crippen molar-refractivity contribution < 1.29 is 4.79 Å². The number of nitrogens with two attached hydrogens (primary N) is 1. The Kier molecular flexibility index (Phi) is 2.55. The second-order valence-corrected chi connectivity index (χ2v) is 4.23. The smallest absolute Gasteiger partial charge is 0.240 e. The van der Waals surface area contributed by atoms with Gasteiger partial charge in [0.25, 0.3) is 0 Å². The van der Waals surface area contributed by atoms with E-state index in [4.69, 9.17) is 18.0 Å². The molecule has 2 rings (SSSR count). The van der Waals surface area contributed by atoms with Gasteiger partial charge in [0.15, 0.2) is 4.77 Å². The van der Waals surface area contributed by atoms with Gasteiger partial charge in [0, 0.05) is 0 Å². The first-order valence-corrected chi connectivity index (χ1v) is 5.42. The molecule has 0 bridgehead atoms. The summed E-state index contributed by atoms with van der Waals surface area (Å²) in [7, 11) is 0. The van der Waals surface area contributed by atoms with E-state index < -0.39 is 11.9 Å². The number of amides is 1. The maximum atomic E-state index is 11.2. The van der Waals surface area contributed by atoms with Gasteiger partial charge in [0.05, 0.1) is 11.0 Å². The summed E-state index contributed by atoms with van der Waals surface area (Å²) in [5.74, 6) is -0.390. The Morgan fingerprint density at radius 1 is 1.56 bits per heavy atom. The molecule has 16 heavy (non-hydrogen) atoms. The fourth-order valence-corrected chi connectivity index (χ4v) is 2.16. The van der Waals surface area contributed by atoms with Gasteiger partial charge < -0.3 is 15.3 Å². The predicted octanol–water partition coefficient (Wildman–Crippen LogP) is 2.05. The number of fused-ring (bicyclic) bond motifs is 1. The van der Waals surface area contributed by atoms with E-state index >= 15 is 0 Å². The summed E-state index contributed by atoms with van der Waals surface area (Å²) >= 11 is 5.21. The molecule has 0 aliphatic heterocycles. The lowest BCUT2D eigenvalue weighted by molar-refractivity contribution is -0.120. The Labute approximate surface area is 98.1 Å². The highest BCUT2D eigenvalue weighted by Gasteiger charge is 2.15. The minimum Gasteiger partial charge on any atom is -0.368 e. The molecule has 1 heterocycles. The summed E-state index contributed by atoms with van der Waals surface area (Å²) in [6.07, 6.45) is 0. The molecule has 1 atom stereocenters. The number of carbonyl (C=O) groups excluding carboxylic acids is 1. The lowest BCUT2D eigenvalue weighted by Crippen LogP contribution is -2.23. The maximum absolute atomic E-state index is 11.2. The van der Waals surface area contributed by atoms with Crippen molar-refractivity contribution in [1.29, 1.82) is 0 Å². The van der Waals surface area contributed by atoms with E-state index in [0.29, 0.717) is 4.77 Å². The number of para-hydroxylation sites is 1. The average molecular weight is 235 g/mol. The number of aryl methyl sites for hydroxylation is 1. The Balaban J connectivity index is 2.80. The number of primary amides is 1. The summed E-state index contributed by atoms with van der Waals surface area (Å²) in [4.78, 5) is 14.3. The van der Waals surface area contributed by atoms with Crippen LogP contribution >= 0.6 is 12.2 Å². The Morgan fingerprint density at radius 2 is 2.25 bits per heavy atom. The van der Waals surface area contributed by atoms with Crippen LogP contribution in [0.3, 0.4) is 0 Å². The number of H-pyrrole nitrogens is 1. The molecule has 0 aliphatic carbocycles. The van der Waals surface area contributed by atoms with E-state index in [1.165, 1.54) is 0 Å². The highest BCUT2D eigenvalue weighted by molar-refractivity contribution is 7.71. The Morgan fingerprint density at radius 3 is 2.88 bits per heavy atom. The molecule has 0 fully saturated rings. The van der Waals surface area contributed by atoms with Gasteiger partial charge in [-0.3, -0.25) is 4.79 Å². The number of aromatic amines is 1. The predicted molar refractivity (Wildman–Crippen MR) is 65.8 cm³/mol. The van der Waals surface area contributed by atoms with E-state index in [1.54, 1.807) is 11.5 Å². The topological polar surface area (TPSA) is 63.8 Å². The molecule has 0 aliphatic rings. The summed E-state index contributed by atoms with van der Waals surface area (Å²) in [6, 6.07) is 5.41. The number of aromatic nitrogens is 2. The summed E-state index contributed by atoms with van der Waals surface area (Å²) in [6.45, 7) is 3.74. The van der Waals surface area contributed by atoms with E-state index in [1.807, 2.05) is 25.1 Å². The third-order valence-corrected chi connectivity index (χ3v) is 3.06. The van der Waals surface area contributed by atoms with Crippen molar-refractivity contribution >= 4 is 29.2 Å². The number of nitrogens with zero attached hydrogens (tertiary/aromatic N) is 1. The van der Waals surface area contributed by atoms with Gasteiger partial charge in [-0.15, -0.1) is 0 Å². The largest absolute Gasteiger partial charge is 0.368 e. The van der Waals surface area contributed by atoms with Crippen LogP contribution in [-0.2, 0) is 4.79 Å². The second-order valence-electron chi connectivity index (χ2n) is 3.85. The zero-order valence-corrected chi connectivity index (χ0v) is 9.97. The zero-order valence-electron chi connectivity index (χ0n) is 9.15. The van der Waals surface area contributed by atoms with Gasteiger partial charge in [0.1, 0.15) is 6.04 Å². The average Bonchev–Trinajstić information content (AvgIpc) is 2.55. The van der Waals surface area contributed by atoms with Crippen LogP contribution < -0.4 is 5.73 Å². The lowest BCUT2D eigenvalue weighted by atomic mass is 10.2. The van der Waals surface area contributed by atoms with Crippen LogP contribution in [0.15, 0.2) is 18.2 Å². The first-order valence-electron chi connectivity index (χ1n) is 5.01. The number of imidazole rings is 1. The molecule has 4 nitrogen and oxygen atoms in total. The number of hydrogen-bond donors (Lipinski definition) is 2. The van der Waals surface area contributed by atoms with Gasteiger partial charge in [-0.05, 0) is 37.7 Å². The van der Waals surface area contributed by atoms with Crippen molar-refractivity contribution in [3.8, 4) is 0 Å². The van der Waals surface area contributed by atoms with Crippen LogP contribution in [0.25, 0.3) is 11.0 Å². The monoisotopic (exact) mass is 235 g/mol. The highest BCUT2D eigenvalue weighted by atomic mass is 32.1. The van der Waals surface area contributed by atoms with E-state index in [2.05, 4.69) is 4.98 Å². The lowest BCUT2D eigenvalue weighted by Gasteiger charge is -2.10. The van der Waals surface area contributed by atoms with Crippen molar-refractivity contribution in [3.63, 3.8) is 0 Å². The van der Waals surface area contributed by atoms with Crippen LogP contribution in [0.1, 0.15) is 18.5 Å². The molecule has 1 unspecified atom stereocenters. The fourth-order valence-electron chi connectivity index (χ4n) is 1.80. The molecule has 2 aromatic rings. The van der Waals surface area contributed by atoms with Crippen LogP contribution in [-0.4, -0.2) is 15.5 Å². The highest BCUT2D eigenvalue weighted by Crippen LogP contribution is 2.21. The minimum atomic E-state index is -0.442. The van der Waals surface area contributed by atoms with E-state index in [-0.39, 0.29) is 0 Å². The van der Waals surface area contributed by atoms with Crippen molar-refractivity contribution in [1.82, 2.24) is 9.55 Å². The molecule has 84 valence electrons. The van der Waals surface area contributed by atoms with Gasteiger partial charge >= 0.3 is 0 Å². The Hall–Kier alpha value is -1.62. The van der Waals surface area contributed by atoms with E-state index in [9.17, 15) is 4.79 Å². The van der Waals surface area contributed by atoms with Crippen molar-refractivity contribution in [2.24, 2.45) is 5.73 Å². The summed E-state index contributed by atoms with van der Waals surface area (Å²) in [5.41, 5.74) is 8.27. The minimum absolute atomic E-state index is 0.390. The van der Waals surface area contributed by atoms with Crippen LogP contribution in [0.2, 0.25) is 0 Å². The van der Waals surface area contributed by atoms with Crippen molar-refractivity contribution in [3.05, 3.63) is 28.5 Å². The van der Waals surface area contributed by atoms with Crippen LogP contribution in [0.4, 0.5) is 0 Å². The molecule has 0 saturated carbocycles. The molecule has 1 amide bonds. The zero-order chi connectivity index (χ0) is 11.9. The molecule has 3 N–H and O–H groups in total. The van der Waals surface area contributed by atoms with E-state index in [0.717, 1.165) is 16.6 Å². The number of nitrogens with one attached hydrogen (secondary N) is 1. The first kappa shape index (κ1) is 10.9. The van der Waals surface area contributed by atoms with Gasteiger partial charge in [-0.25, -0.2) is 0 Å². The SMILES string of the molecule is Cc1cccc2c1[nH]c(=S)n2C(C)C(N)=O. The third-order valence-electron chi connectivity index (χ3n) is 2.76. The molecule has 1 aromatic carbocycles. The van der Waals surface area contributed by atoms with Crippen molar-refractivity contribution in [2.75, 3.05) is 0 Å². The molecule has 0 saturated heterocycles. The number of hydrogen-bond acceptors (Lipinski definition) is 2. The van der Waals surface area contributed by atoms with Crippen molar-refractivity contribution in [2.45, 2.75) is 19.9 Å². The number of benzene rings is 1. The van der Waals surface area contributed by atoms with Crippen LogP contribution in [0.5, 0.6) is 0 Å². The van der Waals surface area contributed by atoms with Crippen LogP contribution in [0, 0.1) is 11.7 Å². The molecular formula is C11H13N3OS. The Bertz CT molecular complexity index is 611. The molecule has 0 radical (unpaired) electrons. The number of carbonyl (C=O) groups is 1. The molecule has 0 spiro atoms. The van der Waals surface area contributed by atoms with Gasteiger partial charge in [-0.2, -0.15) is 0 Å². The fraction of sp³-hybridized carbons (Fsp3) is 0.273. The second kappa shape index (κ2) is 3.75. The molecule has 1 aromatic heterocycles. The number of rotatable bonds is 2. The van der Waals surface area contributed by atoms with Gasteiger partial charge in [0.2, 0.25) is 5.91 Å². The quantitative estimate of drug-likeness (QED) is 0.782. The maximum Gasteiger partial charge on any atom is 0.240 e. The summed E-state index contributed by atoms with van der Waals surface area (Å²) < 4.78 is 2.27. The standard InChI is InChI=1S/C11H13N3OS/c1-6-4-3-5-8-9(6)13-11(16)14(8)7(2)10(12)15/h3-5,7H,1-2H3,(H2,12,15)(H,13,16). The molecular weight excluding hydrogens is 222 g/mol. The molecule has 5 heteroatoms.